The highest BCUT2D eigenvalue weighted by Crippen LogP contribution is 2.40. The number of nitrogens with two attached hydrogens (primary N) is 1. The Morgan fingerprint density at radius 2 is 1.96 bits per heavy atom. The number of aryl methyl sites for hydroxylation is 1. The predicted molar refractivity (Wildman–Crippen MR) is 113 cm³/mol. The first-order chi connectivity index (χ1) is 12.9. The van der Waals surface area contributed by atoms with Crippen LogP contribution in [0.2, 0.25) is 0 Å². The van der Waals surface area contributed by atoms with E-state index in [1.165, 1.54) is 0 Å². The Balaban J connectivity index is 0.00000280. The minimum atomic E-state index is -3.14. The normalized spacial score (nSPS) is 23.8. The number of hydrogen-bond acceptors (Lipinski definition) is 5. The number of benzene rings is 1. The number of rotatable bonds is 6. The number of unbranched alkanes of at least 4 members (excludes halogenated alkanes) is 1. The van der Waals surface area contributed by atoms with Crippen LogP contribution >= 0.6 is 12.4 Å². The van der Waals surface area contributed by atoms with Gasteiger partial charge in [-0.05, 0) is 43.2 Å². The number of piperidine rings is 1. The number of fused-ring (bicyclic) bond motifs is 1. The quantitative estimate of drug-likeness (QED) is 0.720. The molecule has 2 unspecified atom stereocenters. The number of sulfonamides is 1. The maximum atomic E-state index is 12.4. The summed E-state index contributed by atoms with van der Waals surface area (Å²) in [5, 5.41) is 10.5. The van der Waals surface area contributed by atoms with Crippen molar-refractivity contribution in [3.63, 3.8) is 0 Å². The van der Waals surface area contributed by atoms with E-state index >= 15 is 0 Å². The molecule has 0 spiro atoms. The van der Waals surface area contributed by atoms with E-state index in [2.05, 4.69) is 0 Å². The summed E-state index contributed by atoms with van der Waals surface area (Å²) in [6.07, 6.45) is 3.59. The second-order valence-electron chi connectivity index (χ2n) is 7.81. The molecule has 6 nitrogen and oxygen atoms in total. The van der Waals surface area contributed by atoms with Crippen LogP contribution < -0.4 is 5.73 Å². The fourth-order valence-corrected chi connectivity index (χ4v) is 5.94. The zero-order chi connectivity index (χ0) is 19.6. The minimum absolute atomic E-state index is 0. The third-order valence-corrected chi connectivity index (χ3v) is 7.96. The van der Waals surface area contributed by atoms with Crippen molar-refractivity contribution in [3.05, 3.63) is 28.8 Å². The second kappa shape index (κ2) is 9.76. The van der Waals surface area contributed by atoms with Crippen molar-refractivity contribution < 1.29 is 18.3 Å². The highest BCUT2D eigenvalue weighted by atomic mass is 35.5. The highest BCUT2D eigenvalue weighted by molar-refractivity contribution is 7.89. The molecule has 28 heavy (non-hydrogen) atoms. The van der Waals surface area contributed by atoms with Crippen molar-refractivity contribution in [2.75, 3.05) is 25.4 Å². The van der Waals surface area contributed by atoms with Crippen LogP contribution in [0.15, 0.2) is 12.1 Å². The fraction of sp³-hybridized carbons (Fsp3) is 0.700. The maximum Gasteiger partial charge on any atom is 0.214 e. The van der Waals surface area contributed by atoms with Gasteiger partial charge in [-0.15, -0.1) is 12.4 Å². The monoisotopic (exact) mass is 432 g/mol. The molecular weight excluding hydrogens is 400 g/mol. The van der Waals surface area contributed by atoms with E-state index < -0.39 is 10.0 Å². The number of ether oxygens (including phenoxy) is 1. The molecule has 1 aromatic rings. The number of nitrogens with zero attached hydrogens (tertiary/aromatic N) is 1. The fourth-order valence-electron chi connectivity index (χ4n) is 4.26. The highest BCUT2D eigenvalue weighted by Gasteiger charge is 2.37. The molecule has 0 radical (unpaired) electrons. The summed E-state index contributed by atoms with van der Waals surface area (Å²) in [6, 6.07) is 3.90. The summed E-state index contributed by atoms with van der Waals surface area (Å²) in [5.74, 6) is 0.868. The molecule has 2 atom stereocenters. The number of hydrogen-bond donors (Lipinski definition) is 2. The lowest BCUT2D eigenvalue weighted by molar-refractivity contribution is -0.0612. The van der Waals surface area contributed by atoms with Gasteiger partial charge in [-0.25, -0.2) is 12.7 Å². The first-order valence-electron chi connectivity index (χ1n) is 10.0. The molecule has 8 heteroatoms. The first-order valence-corrected chi connectivity index (χ1v) is 11.6. The van der Waals surface area contributed by atoms with Crippen LogP contribution in [0.3, 0.4) is 0 Å². The summed E-state index contributed by atoms with van der Waals surface area (Å²) >= 11 is 0. The SMILES string of the molecule is CCCCS(=O)(=O)N1CCC(C2Cc3c(ccc(C)c3O)C(CN)O2)CC1.Cl. The summed E-state index contributed by atoms with van der Waals surface area (Å²) in [5.41, 5.74) is 8.72. The van der Waals surface area contributed by atoms with E-state index in [1.54, 1.807) is 4.31 Å². The average molecular weight is 433 g/mol. The van der Waals surface area contributed by atoms with Crippen molar-refractivity contribution in [2.45, 2.75) is 58.2 Å². The molecule has 0 aromatic heterocycles. The standard InChI is InChI=1S/C20H32N2O4S.ClH/c1-3-4-11-27(24,25)22-9-7-15(8-10-22)18-12-17-16(19(13-21)26-18)6-5-14(2)20(17)23;/h5-6,15,18-19,23H,3-4,7-13,21H2,1-2H3;1H. The molecule has 0 aliphatic carbocycles. The molecule has 1 aromatic carbocycles. The van der Waals surface area contributed by atoms with Gasteiger partial charge in [0, 0.05) is 31.6 Å². The minimum Gasteiger partial charge on any atom is -0.507 e. The Morgan fingerprint density at radius 3 is 2.57 bits per heavy atom. The van der Waals surface area contributed by atoms with Crippen molar-refractivity contribution in [1.82, 2.24) is 4.31 Å². The van der Waals surface area contributed by atoms with Crippen LogP contribution in [-0.4, -0.2) is 49.3 Å². The molecule has 0 bridgehead atoms. The van der Waals surface area contributed by atoms with Gasteiger partial charge in [0.2, 0.25) is 10.0 Å². The number of phenols is 1. The van der Waals surface area contributed by atoms with Crippen LogP contribution in [0.25, 0.3) is 0 Å². The topological polar surface area (TPSA) is 92.9 Å². The lowest BCUT2D eigenvalue weighted by Gasteiger charge is -2.40. The van der Waals surface area contributed by atoms with Crippen molar-refractivity contribution in [2.24, 2.45) is 11.7 Å². The Morgan fingerprint density at radius 1 is 1.29 bits per heavy atom. The maximum absolute atomic E-state index is 12.4. The zero-order valence-electron chi connectivity index (χ0n) is 16.8. The van der Waals surface area contributed by atoms with Gasteiger partial charge in [-0.1, -0.05) is 25.5 Å². The van der Waals surface area contributed by atoms with Crippen LogP contribution in [-0.2, 0) is 21.2 Å². The molecule has 2 heterocycles. The Labute approximate surface area is 174 Å². The van der Waals surface area contributed by atoms with E-state index in [0.717, 1.165) is 36.0 Å². The Bertz CT molecular complexity index is 764. The lowest BCUT2D eigenvalue weighted by Crippen LogP contribution is -2.44. The van der Waals surface area contributed by atoms with Crippen molar-refractivity contribution in [1.29, 1.82) is 0 Å². The van der Waals surface area contributed by atoms with E-state index in [9.17, 15) is 13.5 Å². The van der Waals surface area contributed by atoms with Crippen LogP contribution in [0, 0.1) is 12.8 Å². The molecule has 1 fully saturated rings. The number of phenolic OH excluding ortho intramolecular Hbond substituents is 1. The van der Waals surface area contributed by atoms with Gasteiger partial charge in [-0.3, -0.25) is 0 Å². The second-order valence-corrected chi connectivity index (χ2v) is 9.90. The van der Waals surface area contributed by atoms with Crippen molar-refractivity contribution in [3.8, 4) is 5.75 Å². The average Bonchev–Trinajstić information content (AvgIpc) is 2.68. The molecule has 2 aliphatic rings. The molecule has 1 saturated heterocycles. The van der Waals surface area contributed by atoms with E-state index in [0.29, 0.717) is 38.2 Å². The molecule has 160 valence electrons. The predicted octanol–water partition coefficient (Wildman–Crippen LogP) is 2.91. The third-order valence-electron chi connectivity index (χ3n) is 6.00. The Hall–Kier alpha value is -0.860. The molecular formula is C20H33ClN2O4S. The molecule has 2 aliphatic heterocycles. The largest absolute Gasteiger partial charge is 0.507 e. The van der Waals surface area contributed by atoms with Gasteiger partial charge >= 0.3 is 0 Å². The van der Waals surface area contributed by atoms with Crippen LogP contribution in [0.4, 0.5) is 0 Å². The smallest absolute Gasteiger partial charge is 0.214 e. The summed E-state index contributed by atoms with van der Waals surface area (Å²) < 4.78 is 32.7. The third kappa shape index (κ3) is 4.82. The Kier molecular flexibility index (Phi) is 8.16. The lowest BCUT2D eigenvalue weighted by atomic mass is 9.83. The van der Waals surface area contributed by atoms with Gasteiger partial charge in [0.15, 0.2) is 0 Å². The first kappa shape index (κ1) is 23.4. The van der Waals surface area contributed by atoms with E-state index in [4.69, 9.17) is 10.5 Å². The van der Waals surface area contributed by atoms with Gasteiger partial charge in [0.25, 0.3) is 0 Å². The summed E-state index contributed by atoms with van der Waals surface area (Å²) in [7, 11) is -3.14. The molecule has 3 rings (SSSR count). The van der Waals surface area contributed by atoms with E-state index in [1.807, 2.05) is 26.0 Å². The number of aromatic hydroxyl groups is 1. The van der Waals surface area contributed by atoms with Gasteiger partial charge in [-0.2, -0.15) is 0 Å². The molecule has 0 saturated carbocycles. The van der Waals surface area contributed by atoms with Gasteiger partial charge in [0.05, 0.1) is 18.0 Å². The summed E-state index contributed by atoms with van der Waals surface area (Å²) in [6.45, 7) is 5.38. The van der Waals surface area contributed by atoms with Gasteiger partial charge in [0.1, 0.15) is 5.75 Å². The van der Waals surface area contributed by atoms with Crippen molar-refractivity contribution >= 4 is 22.4 Å². The summed E-state index contributed by atoms with van der Waals surface area (Å²) in [4.78, 5) is 0. The number of halogens is 1. The zero-order valence-corrected chi connectivity index (χ0v) is 18.4. The molecule has 0 amide bonds. The van der Waals surface area contributed by atoms with Gasteiger partial charge < -0.3 is 15.6 Å². The van der Waals surface area contributed by atoms with Crippen LogP contribution in [0.5, 0.6) is 5.75 Å². The molecule has 3 N–H and O–H groups in total. The van der Waals surface area contributed by atoms with Crippen LogP contribution in [0.1, 0.15) is 55.4 Å². The van der Waals surface area contributed by atoms with E-state index in [-0.39, 0.29) is 36.3 Å².